The Labute approximate surface area is 153 Å². The Kier molecular flexibility index (Phi) is 6.53. The van der Waals surface area contributed by atoms with Gasteiger partial charge in [-0.15, -0.1) is 12.4 Å². The molecule has 0 saturated carbocycles. The number of nitrogens with one attached hydrogen (secondary N) is 1. The van der Waals surface area contributed by atoms with Crippen molar-refractivity contribution in [3.8, 4) is 11.5 Å². The number of carbonyl (C=O) groups excluding carboxylic acids is 1. The molecule has 1 aliphatic rings. The Balaban J connectivity index is 0.00000225. The van der Waals surface area contributed by atoms with Crippen LogP contribution < -0.4 is 20.5 Å². The molecule has 0 aromatic heterocycles. The van der Waals surface area contributed by atoms with Gasteiger partial charge in [0.25, 0.3) is 0 Å². The topological polar surface area (TPSA) is 73.6 Å². The number of para-hydroxylation sites is 1. The van der Waals surface area contributed by atoms with Gasteiger partial charge in [0.1, 0.15) is 13.2 Å². The summed E-state index contributed by atoms with van der Waals surface area (Å²) in [6.45, 7) is 3.08. The van der Waals surface area contributed by atoms with E-state index in [0.29, 0.717) is 26.1 Å². The van der Waals surface area contributed by atoms with Crippen LogP contribution in [-0.4, -0.2) is 19.1 Å². The fraction of sp³-hybridized carbons (Fsp3) is 0.316. The third kappa shape index (κ3) is 4.79. The van der Waals surface area contributed by atoms with Gasteiger partial charge in [0, 0.05) is 12.1 Å². The summed E-state index contributed by atoms with van der Waals surface area (Å²) in [4.78, 5) is 12.2. The van der Waals surface area contributed by atoms with Gasteiger partial charge in [-0.25, -0.2) is 0 Å². The van der Waals surface area contributed by atoms with Gasteiger partial charge >= 0.3 is 0 Å². The van der Waals surface area contributed by atoms with E-state index in [1.54, 1.807) is 0 Å². The van der Waals surface area contributed by atoms with Crippen molar-refractivity contribution in [1.82, 2.24) is 5.32 Å². The smallest absolute Gasteiger partial charge is 0.220 e. The maximum Gasteiger partial charge on any atom is 0.220 e. The van der Waals surface area contributed by atoms with E-state index in [1.807, 2.05) is 49.4 Å². The van der Waals surface area contributed by atoms with Crippen LogP contribution in [0, 0.1) is 0 Å². The van der Waals surface area contributed by atoms with Crippen molar-refractivity contribution in [2.75, 3.05) is 18.9 Å². The molecule has 0 bridgehead atoms. The molecular weight excluding hydrogens is 340 g/mol. The molecule has 3 N–H and O–H groups in total. The van der Waals surface area contributed by atoms with Crippen molar-refractivity contribution in [2.45, 2.75) is 25.8 Å². The van der Waals surface area contributed by atoms with Crippen LogP contribution in [0.2, 0.25) is 0 Å². The summed E-state index contributed by atoms with van der Waals surface area (Å²) in [5, 5.41) is 3.02. The van der Waals surface area contributed by atoms with Crippen molar-refractivity contribution >= 4 is 24.0 Å². The van der Waals surface area contributed by atoms with E-state index >= 15 is 0 Å². The number of ether oxygens (including phenoxy) is 2. The lowest BCUT2D eigenvalue weighted by Gasteiger charge is -2.21. The van der Waals surface area contributed by atoms with E-state index in [2.05, 4.69) is 5.32 Å². The first-order valence-corrected chi connectivity index (χ1v) is 8.16. The van der Waals surface area contributed by atoms with Crippen LogP contribution in [0.5, 0.6) is 11.5 Å². The number of aryl methyl sites for hydroxylation is 1. The molecule has 1 amide bonds. The van der Waals surface area contributed by atoms with E-state index in [9.17, 15) is 4.79 Å². The minimum Gasteiger partial charge on any atom is -0.486 e. The highest BCUT2D eigenvalue weighted by Crippen LogP contribution is 2.32. The average Bonchev–Trinajstić information content (AvgIpc) is 2.60. The molecule has 0 fully saturated rings. The zero-order valence-electron chi connectivity index (χ0n) is 14.2. The number of nitrogen functional groups attached to an aromatic ring is 1. The molecule has 1 aliphatic heterocycles. The molecule has 3 rings (SSSR count). The van der Waals surface area contributed by atoms with Gasteiger partial charge in [0.15, 0.2) is 11.5 Å². The first-order chi connectivity index (χ1) is 11.6. The Hall–Kier alpha value is -2.40. The van der Waals surface area contributed by atoms with Gasteiger partial charge in [-0.3, -0.25) is 4.79 Å². The quantitative estimate of drug-likeness (QED) is 0.800. The third-order valence-corrected chi connectivity index (χ3v) is 4.12. The molecule has 0 aliphatic carbocycles. The Bertz CT molecular complexity index is 736. The van der Waals surface area contributed by atoms with E-state index in [-0.39, 0.29) is 24.4 Å². The molecule has 0 spiro atoms. The maximum absolute atomic E-state index is 12.2. The van der Waals surface area contributed by atoms with Crippen molar-refractivity contribution in [3.05, 3.63) is 53.6 Å². The Morgan fingerprint density at radius 1 is 1.16 bits per heavy atom. The van der Waals surface area contributed by atoms with Crippen LogP contribution >= 0.6 is 12.4 Å². The number of nitrogens with two attached hydrogens (primary N) is 1. The second kappa shape index (κ2) is 8.62. The van der Waals surface area contributed by atoms with Crippen molar-refractivity contribution in [3.63, 3.8) is 0 Å². The number of benzene rings is 2. The predicted molar refractivity (Wildman–Crippen MR) is 100 cm³/mol. The fourth-order valence-electron chi connectivity index (χ4n) is 2.74. The zero-order chi connectivity index (χ0) is 16.9. The van der Waals surface area contributed by atoms with E-state index in [1.165, 1.54) is 0 Å². The van der Waals surface area contributed by atoms with Gasteiger partial charge < -0.3 is 20.5 Å². The number of fused-ring (bicyclic) bond motifs is 1. The van der Waals surface area contributed by atoms with Crippen LogP contribution in [0.15, 0.2) is 42.5 Å². The average molecular weight is 363 g/mol. The number of amides is 1. The third-order valence-electron chi connectivity index (χ3n) is 4.12. The lowest BCUT2D eigenvalue weighted by molar-refractivity contribution is -0.121. The molecule has 2 aromatic carbocycles. The largest absolute Gasteiger partial charge is 0.486 e. The van der Waals surface area contributed by atoms with Gasteiger partial charge in [0.05, 0.1) is 6.04 Å². The SMILES string of the molecule is CC(NC(=O)CCc1ccccc1N)c1ccc2c(c1)OCCO2.Cl. The molecule has 1 atom stereocenters. The minimum absolute atomic E-state index is 0. The molecule has 0 saturated heterocycles. The summed E-state index contributed by atoms with van der Waals surface area (Å²) in [6, 6.07) is 13.3. The number of rotatable bonds is 5. The summed E-state index contributed by atoms with van der Waals surface area (Å²) >= 11 is 0. The molecule has 5 nitrogen and oxygen atoms in total. The van der Waals surface area contributed by atoms with Crippen LogP contribution in [0.25, 0.3) is 0 Å². The predicted octanol–water partition coefficient (Wildman–Crippen LogP) is 3.27. The van der Waals surface area contributed by atoms with Crippen LogP contribution in [-0.2, 0) is 11.2 Å². The molecule has 134 valence electrons. The van der Waals surface area contributed by atoms with Gasteiger partial charge in [-0.05, 0) is 42.7 Å². The monoisotopic (exact) mass is 362 g/mol. The molecule has 6 heteroatoms. The standard InChI is InChI=1S/C19H22N2O3.ClH/c1-13(15-6-8-17-18(12-15)24-11-10-23-17)21-19(22)9-7-14-4-2-3-5-16(14)20;/h2-6,8,12-13H,7,9-11,20H2,1H3,(H,21,22);1H. The van der Waals surface area contributed by atoms with Gasteiger partial charge in [-0.1, -0.05) is 24.3 Å². The minimum atomic E-state index is -0.0959. The molecule has 1 heterocycles. The Morgan fingerprint density at radius 2 is 1.88 bits per heavy atom. The molecule has 25 heavy (non-hydrogen) atoms. The lowest BCUT2D eigenvalue weighted by Crippen LogP contribution is -2.27. The zero-order valence-corrected chi connectivity index (χ0v) is 15.0. The van der Waals surface area contributed by atoms with Gasteiger partial charge in [-0.2, -0.15) is 0 Å². The van der Waals surface area contributed by atoms with Crippen molar-refractivity contribution in [1.29, 1.82) is 0 Å². The first-order valence-electron chi connectivity index (χ1n) is 8.16. The second-order valence-electron chi connectivity index (χ2n) is 5.89. The summed E-state index contributed by atoms with van der Waals surface area (Å²) < 4.78 is 11.1. The normalized spacial score (nSPS) is 13.5. The van der Waals surface area contributed by atoms with E-state index in [4.69, 9.17) is 15.2 Å². The van der Waals surface area contributed by atoms with Gasteiger partial charge in [0.2, 0.25) is 5.91 Å². The maximum atomic E-state index is 12.2. The fourth-order valence-corrected chi connectivity index (χ4v) is 2.74. The molecular formula is C19H23ClN2O3. The van der Waals surface area contributed by atoms with Crippen LogP contribution in [0.1, 0.15) is 30.5 Å². The summed E-state index contributed by atoms with van der Waals surface area (Å²) in [6.07, 6.45) is 1.04. The van der Waals surface area contributed by atoms with Crippen LogP contribution in [0.3, 0.4) is 0 Å². The number of anilines is 1. The highest BCUT2D eigenvalue weighted by Gasteiger charge is 2.16. The van der Waals surface area contributed by atoms with Crippen LogP contribution in [0.4, 0.5) is 5.69 Å². The molecule has 2 aromatic rings. The summed E-state index contributed by atoms with van der Waals surface area (Å²) in [5.74, 6) is 1.49. The van der Waals surface area contributed by atoms with E-state index in [0.717, 1.165) is 28.3 Å². The highest BCUT2D eigenvalue weighted by atomic mass is 35.5. The Morgan fingerprint density at radius 3 is 2.64 bits per heavy atom. The lowest BCUT2D eigenvalue weighted by atomic mass is 10.1. The molecule has 0 radical (unpaired) electrons. The number of hydrogen-bond acceptors (Lipinski definition) is 4. The number of carbonyl (C=O) groups is 1. The summed E-state index contributed by atoms with van der Waals surface area (Å²) in [5.41, 5.74) is 8.63. The number of hydrogen-bond donors (Lipinski definition) is 2. The highest BCUT2D eigenvalue weighted by molar-refractivity contribution is 5.85. The first kappa shape index (κ1) is 18.9. The molecule has 1 unspecified atom stereocenters. The summed E-state index contributed by atoms with van der Waals surface area (Å²) in [7, 11) is 0. The van der Waals surface area contributed by atoms with E-state index < -0.39 is 0 Å². The number of halogens is 1. The van der Waals surface area contributed by atoms with Crippen molar-refractivity contribution in [2.24, 2.45) is 0 Å². The second-order valence-corrected chi connectivity index (χ2v) is 5.89. The van der Waals surface area contributed by atoms with Crippen molar-refractivity contribution < 1.29 is 14.3 Å².